The van der Waals surface area contributed by atoms with E-state index in [2.05, 4.69) is 44.6 Å². The van der Waals surface area contributed by atoms with Gasteiger partial charge in [0, 0.05) is 27.4 Å². The molecule has 0 fully saturated rings. The number of hydrogen-bond donors (Lipinski definition) is 1. The maximum atomic E-state index is 4.06. The molecule has 0 saturated heterocycles. The molecule has 0 aliphatic rings. The van der Waals surface area contributed by atoms with Crippen molar-refractivity contribution in [2.45, 2.75) is 13.5 Å². The van der Waals surface area contributed by atoms with Crippen LogP contribution >= 0.6 is 27.3 Å². The first-order chi connectivity index (χ1) is 7.27. The summed E-state index contributed by atoms with van der Waals surface area (Å²) in [5.74, 6) is 0. The van der Waals surface area contributed by atoms with Crippen molar-refractivity contribution < 1.29 is 0 Å². The standard InChI is InChI=1S/C11H11BrN2S/c1-8-6-13-4-2-10(8)14-7-11-9(12)3-5-15-11/h2-6H,7H2,1H3,(H,13,14). The highest BCUT2D eigenvalue weighted by atomic mass is 79.9. The molecule has 0 aliphatic carbocycles. The monoisotopic (exact) mass is 282 g/mol. The van der Waals surface area contributed by atoms with E-state index >= 15 is 0 Å². The largest absolute Gasteiger partial charge is 0.380 e. The first-order valence-electron chi connectivity index (χ1n) is 4.64. The number of pyridine rings is 1. The Morgan fingerprint density at radius 2 is 2.33 bits per heavy atom. The lowest BCUT2D eigenvalue weighted by molar-refractivity contribution is 1.15. The molecule has 4 heteroatoms. The first kappa shape index (κ1) is 10.6. The van der Waals surface area contributed by atoms with E-state index in [1.807, 2.05) is 12.3 Å². The summed E-state index contributed by atoms with van der Waals surface area (Å²) < 4.78 is 1.17. The smallest absolute Gasteiger partial charge is 0.0505 e. The lowest BCUT2D eigenvalue weighted by Crippen LogP contribution is -1.99. The van der Waals surface area contributed by atoms with Crippen molar-refractivity contribution in [3.05, 3.63) is 44.8 Å². The Morgan fingerprint density at radius 1 is 1.47 bits per heavy atom. The summed E-state index contributed by atoms with van der Waals surface area (Å²) in [4.78, 5) is 5.37. The van der Waals surface area contributed by atoms with Crippen LogP contribution < -0.4 is 5.32 Å². The van der Waals surface area contributed by atoms with Crippen LogP contribution in [0.5, 0.6) is 0 Å². The first-order valence-corrected chi connectivity index (χ1v) is 6.31. The number of hydrogen-bond acceptors (Lipinski definition) is 3. The average molecular weight is 283 g/mol. The fraction of sp³-hybridized carbons (Fsp3) is 0.182. The van der Waals surface area contributed by atoms with Gasteiger partial charge in [-0.15, -0.1) is 11.3 Å². The van der Waals surface area contributed by atoms with E-state index in [4.69, 9.17) is 0 Å². The molecule has 15 heavy (non-hydrogen) atoms. The number of aromatic nitrogens is 1. The van der Waals surface area contributed by atoms with Crippen molar-refractivity contribution in [2.24, 2.45) is 0 Å². The van der Waals surface area contributed by atoms with Crippen molar-refractivity contribution in [3.8, 4) is 0 Å². The van der Waals surface area contributed by atoms with E-state index in [9.17, 15) is 0 Å². The van der Waals surface area contributed by atoms with Crippen LogP contribution in [0.4, 0.5) is 5.69 Å². The molecule has 2 aromatic rings. The van der Waals surface area contributed by atoms with Gasteiger partial charge in [0.15, 0.2) is 0 Å². The normalized spacial score (nSPS) is 10.3. The highest BCUT2D eigenvalue weighted by Gasteiger charge is 2.01. The minimum atomic E-state index is 0.850. The summed E-state index contributed by atoms with van der Waals surface area (Å²) in [7, 11) is 0. The molecule has 1 N–H and O–H groups in total. The molecule has 2 nitrogen and oxygen atoms in total. The second kappa shape index (κ2) is 4.77. The summed E-state index contributed by atoms with van der Waals surface area (Å²) in [6.07, 6.45) is 3.67. The van der Waals surface area contributed by atoms with Gasteiger partial charge in [0.1, 0.15) is 0 Å². The molecule has 0 unspecified atom stereocenters. The van der Waals surface area contributed by atoms with Crippen LogP contribution in [0.2, 0.25) is 0 Å². The van der Waals surface area contributed by atoms with E-state index in [-0.39, 0.29) is 0 Å². The fourth-order valence-corrected chi connectivity index (χ4v) is 2.73. The molecule has 0 aromatic carbocycles. The maximum absolute atomic E-state index is 4.06. The fourth-order valence-electron chi connectivity index (χ4n) is 1.30. The highest BCUT2D eigenvalue weighted by molar-refractivity contribution is 9.10. The molecule has 0 atom stereocenters. The van der Waals surface area contributed by atoms with E-state index in [0.29, 0.717) is 0 Å². The Balaban J connectivity index is 2.06. The molecule has 0 amide bonds. The molecule has 0 radical (unpaired) electrons. The number of halogens is 1. The third-order valence-corrected chi connectivity index (χ3v) is 4.08. The molecule has 2 heterocycles. The zero-order valence-electron chi connectivity index (χ0n) is 8.33. The quantitative estimate of drug-likeness (QED) is 0.926. The molecule has 0 saturated carbocycles. The van der Waals surface area contributed by atoms with Crippen molar-refractivity contribution in [1.29, 1.82) is 0 Å². The summed E-state index contributed by atoms with van der Waals surface area (Å²) >= 11 is 5.27. The lowest BCUT2D eigenvalue weighted by Gasteiger charge is -2.07. The van der Waals surface area contributed by atoms with Gasteiger partial charge < -0.3 is 5.32 Å². The molecule has 0 spiro atoms. The highest BCUT2D eigenvalue weighted by Crippen LogP contribution is 2.24. The minimum absolute atomic E-state index is 0.850. The predicted molar refractivity (Wildman–Crippen MR) is 68.3 cm³/mol. The van der Waals surface area contributed by atoms with Gasteiger partial charge in [-0.25, -0.2) is 0 Å². The van der Waals surface area contributed by atoms with Gasteiger partial charge in [-0.2, -0.15) is 0 Å². The zero-order chi connectivity index (χ0) is 10.7. The molecular weight excluding hydrogens is 272 g/mol. The Labute approximate surface area is 101 Å². The Hall–Kier alpha value is -0.870. The summed E-state index contributed by atoms with van der Waals surface area (Å²) in [5.41, 5.74) is 2.32. The minimum Gasteiger partial charge on any atom is -0.380 e. The number of aryl methyl sites for hydroxylation is 1. The summed E-state index contributed by atoms with van der Waals surface area (Å²) in [5, 5.41) is 5.48. The third kappa shape index (κ3) is 2.58. The third-order valence-electron chi connectivity index (χ3n) is 2.15. The SMILES string of the molecule is Cc1cnccc1NCc1sccc1Br. The van der Waals surface area contributed by atoms with E-state index in [0.717, 1.165) is 12.2 Å². The van der Waals surface area contributed by atoms with Crippen molar-refractivity contribution >= 4 is 33.0 Å². The molecular formula is C11H11BrN2S. The Morgan fingerprint density at radius 3 is 3.00 bits per heavy atom. The predicted octanol–water partition coefficient (Wildman–Crippen LogP) is 3.83. The summed E-state index contributed by atoms with van der Waals surface area (Å²) in [6, 6.07) is 4.07. The average Bonchev–Trinajstić information content (AvgIpc) is 2.63. The van der Waals surface area contributed by atoms with Gasteiger partial charge >= 0.3 is 0 Å². The van der Waals surface area contributed by atoms with Crippen LogP contribution in [0.15, 0.2) is 34.4 Å². The van der Waals surface area contributed by atoms with E-state index in [1.54, 1.807) is 17.5 Å². The van der Waals surface area contributed by atoms with Gasteiger partial charge in [0.25, 0.3) is 0 Å². The van der Waals surface area contributed by atoms with Crippen molar-refractivity contribution in [2.75, 3.05) is 5.32 Å². The van der Waals surface area contributed by atoms with Crippen LogP contribution in [0.3, 0.4) is 0 Å². The number of thiophene rings is 1. The molecule has 0 aliphatic heterocycles. The lowest BCUT2D eigenvalue weighted by atomic mass is 10.2. The second-order valence-electron chi connectivity index (χ2n) is 3.24. The molecule has 78 valence electrons. The molecule has 2 aromatic heterocycles. The number of anilines is 1. The van der Waals surface area contributed by atoms with Crippen LogP contribution in [0.25, 0.3) is 0 Å². The van der Waals surface area contributed by atoms with Gasteiger partial charge in [-0.05, 0) is 45.9 Å². The van der Waals surface area contributed by atoms with Crippen LogP contribution in [-0.2, 0) is 6.54 Å². The topological polar surface area (TPSA) is 24.9 Å². The zero-order valence-corrected chi connectivity index (χ0v) is 10.7. The Bertz CT molecular complexity index is 453. The summed E-state index contributed by atoms with van der Waals surface area (Å²) in [6.45, 7) is 2.90. The van der Waals surface area contributed by atoms with Crippen LogP contribution in [0, 0.1) is 6.92 Å². The van der Waals surface area contributed by atoms with Crippen LogP contribution in [0.1, 0.15) is 10.4 Å². The van der Waals surface area contributed by atoms with Crippen LogP contribution in [-0.4, -0.2) is 4.98 Å². The number of rotatable bonds is 3. The Kier molecular flexibility index (Phi) is 3.38. The van der Waals surface area contributed by atoms with Crippen molar-refractivity contribution in [1.82, 2.24) is 4.98 Å². The van der Waals surface area contributed by atoms with Gasteiger partial charge in [0.05, 0.1) is 6.54 Å². The van der Waals surface area contributed by atoms with Gasteiger partial charge in [-0.3, -0.25) is 4.98 Å². The van der Waals surface area contributed by atoms with E-state index in [1.165, 1.54) is 14.9 Å². The van der Waals surface area contributed by atoms with Gasteiger partial charge in [0.2, 0.25) is 0 Å². The molecule has 2 rings (SSSR count). The second-order valence-corrected chi connectivity index (χ2v) is 5.09. The number of nitrogens with zero attached hydrogens (tertiary/aromatic N) is 1. The van der Waals surface area contributed by atoms with E-state index < -0.39 is 0 Å². The van der Waals surface area contributed by atoms with Crippen molar-refractivity contribution in [3.63, 3.8) is 0 Å². The van der Waals surface area contributed by atoms with Gasteiger partial charge in [-0.1, -0.05) is 0 Å². The molecule has 0 bridgehead atoms. The number of nitrogens with one attached hydrogen (secondary N) is 1. The maximum Gasteiger partial charge on any atom is 0.0505 e.